The molecule has 1 amide bonds. The minimum Gasteiger partial charge on any atom is -0.314 e. The Morgan fingerprint density at radius 2 is 2.00 bits per heavy atom. The van der Waals surface area contributed by atoms with Crippen LogP contribution < -0.4 is 4.90 Å². The number of sulfone groups is 1. The summed E-state index contributed by atoms with van der Waals surface area (Å²) in [5.41, 5.74) is 0.706. The number of aliphatic imine (C=N–C) groups is 1. The van der Waals surface area contributed by atoms with Gasteiger partial charge in [0.2, 0.25) is 0 Å². The van der Waals surface area contributed by atoms with Gasteiger partial charge in [-0.1, -0.05) is 49.3 Å². The largest absolute Gasteiger partial charge is 0.314 e. The van der Waals surface area contributed by atoms with Gasteiger partial charge in [-0.25, -0.2) is 8.42 Å². The summed E-state index contributed by atoms with van der Waals surface area (Å²) in [6.45, 7) is 3.95. The highest BCUT2D eigenvalue weighted by atomic mass is 35.5. The Morgan fingerprint density at radius 1 is 1.32 bits per heavy atom. The molecule has 8 heteroatoms. The number of rotatable bonds is 4. The molecule has 2 fully saturated rings. The van der Waals surface area contributed by atoms with Gasteiger partial charge >= 0.3 is 0 Å². The predicted octanol–water partition coefficient (Wildman–Crippen LogP) is 3.38. The quantitative estimate of drug-likeness (QED) is 0.775. The summed E-state index contributed by atoms with van der Waals surface area (Å²) in [6.07, 6.45) is 1.48. The molecule has 2 aliphatic rings. The van der Waals surface area contributed by atoms with Crippen molar-refractivity contribution in [3.63, 3.8) is 0 Å². The lowest BCUT2D eigenvalue weighted by Crippen LogP contribution is -2.38. The Kier molecular flexibility index (Phi) is 5.46. The van der Waals surface area contributed by atoms with Crippen LogP contribution in [0.5, 0.6) is 0 Å². The third-order valence-corrected chi connectivity index (χ3v) is 8.25. The van der Waals surface area contributed by atoms with Gasteiger partial charge in [-0.3, -0.25) is 4.79 Å². The van der Waals surface area contributed by atoms with Crippen molar-refractivity contribution in [1.82, 2.24) is 0 Å². The molecule has 2 aliphatic heterocycles. The number of hydrogen-bond donors (Lipinski definition) is 0. The number of amides is 1. The van der Waals surface area contributed by atoms with Gasteiger partial charge in [-0.05, 0) is 25.0 Å². The topological polar surface area (TPSA) is 66.8 Å². The zero-order valence-corrected chi connectivity index (χ0v) is 16.6. The van der Waals surface area contributed by atoms with E-state index in [2.05, 4.69) is 4.99 Å². The summed E-state index contributed by atoms with van der Waals surface area (Å²) in [7, 11) is -3.08. The van der Waals surface area contributed by atoms with Crippen molar-refractivity contribution in [2.45, 2.75) is 38.0 Å². The molecule has 0 saturated carbocycles. The van der Waals surface area contributed by atoms with E-state index in [-0.39, 0.29) is 34.6 Å². The van der Waals surface area contributed by atoms with E-state index in [9.17, 15) is 13.2 Å². The average molecular weight is 401 g/mol. The van der Waals surface area contributed by atoms with Crippen LogP contribution in [-0.2, 0) is 14.6 Å². The maximum Gasteiger partial charge on any atom is 0.251 e. The van der Waals surface area contributed by atoms with E-state index < -0.39 is 9.84 Å². The summed E-state index contributed by atoms with van der Waals surface area (Å²) in [5, 5.41) is 0.972. The SMILES string of the molecule is CCC(CC)C(=O)N=C1S[C@@H]2CS(=O)(=O)C[C@H]2N1c1ccccc1Cl. The maximum atomic E-state index is 12.5. The number of nitrogens with zero attached hydrogens (tertiary/aromatic N) is 2. The van der Waals surface area contributed by atoms with Crippen LogP contribution in [0.3, 0.4) is 0 Å². The molecule has 1 aromatic carbocycles. The second-order valence-corrected chi connectivity index (χ2v) is 10.1. The summed E-state index contributed by atoms with van der Waals surface area (Å²) >= 11 is 7.72. The molecule has 0 spiro atoms. The van der Waals surface area contributed by atoms with Crippen LogP contribution in [0.1, 0.15) is 26.7 Å². The molecule has 2 heterocycles. The summed E-state index contributed by atoms with van der Waals surface area (Å²) in [4.78, 5) is 18.7. The first-order valence-electron chi connectivity index (χ1n) is 8.39. The molecule has 0 N–H and O–H groups in total. The first-order chi connectivity index (χ1) is 11.9. The van der Waals surface area contributed by atoms with E-state index in [1.807, 2.05) is 36.9 Å². The third kappa shape index (κ3) is 3.73. The second-order valence-electron chi connectivity index (χ2n) is 6.37. The number of thioether (sulfide) groups is 1. The molecule has 2 saturated heterocycles. The van der Waals surface area contributed by atoms with E-state index >= 15 is 0 Å². The van der Waals surface area contributed by atoms with Crippen LogP contribution in [0.25, 0.3) is 0 Å². The molecule has 25 heavy (non-hydrogen) atoms. The van der Waals surface area contributed by atoms with Crippen molar-refractivity contribution in [3.05, 3.63) is 29.3 Å². The number of para-hydroxylation sites is 1. The van der Waals surface area contributed by atoms with E-state index in [1.165, 1.54) is 11.8 Å². The van der Waals surface area contributed by atoms with Crippen LogP contribution in [0.2, 0.25) is 5.02 Å². The third-order valence-electron chi connectivity index (χ3n) is 4.72. The lowest BCUT2D eigenvalue weighted by Gasteiger charge is -2.25. The molecule has 0 bridgehead atoms. The van der Waals surface area contributed by atoms with Gasteiger partial charge in [0, 0.05) is 11.2 Å². The monoisotopic (exact) mass is 400 g/mol. The molecular weight excluding hydrogens is 380 g/mol. The Morgan fingerprint density at radius 3 is 2.64 bits per heavy atom. The minimum absolute atomic E-state index is 0.0636. The molecule has 0 aliphatic carbocycles. The standard InChI is InChI=1S/C17H21ClN2O3S2/c1-3-11(4-2)16(21)19-17-20(13-8-6-5-7-12(13)18)14-9-25(22,23)10-15(14)24-17/h5-8,11,14-15H,3-4,9-10H2,1-2H3/t14-,15-/m1/s1. The fourth-order valence-electron chi connectivity index (χ4n) is 3.32. The molecule has 5 nitrogen and oxygen atoms in total. The Balaban J connectivity index is 2.01. The number of benzene rings is 1. The Bertz CT molecular complexity index is 806. The van der Waals surface area contributed by atoms with Crippen LogP contribution in [0, 0.1) is 5.92 Å². The number of amidine groups is 1. The van der Waals surface area contributed by atoms with E-state index in [0.717, 1.165) is 12.8 Å². The van der Waals surface area contributed by atoms with Crippen LogP contribution in [-0.4, -0.2) is 42.3 Å². The predicted molar refractivity (Wildman–Crippen MR) is 104 cm³/mol. The fraction of sp³-hybridized carbons (Fsp3) is 0.529. The number of fused-ring (bicyclic) bond motifs is 1. The van der Waals surface area contributed by atoms with Gasteiger partial charge < -0.3 is 4.90 Å². The molecule has 0 unspecified atom stereocenters. The van der Waals surface area contributed by atoms with Crippen molar-refractivity contribution in [3.8, 4) is 0 Å². The maximum absolute atomic E-state index is 12.5. The smallest absolute Gasteiger partial charge is 0.251 e. The van der Waals surface area contributed by atoms with E-state index in [0.29, 0.717) is 15.9 Å². The highest BCUT2D eigenvalue weighted by Gasteiger charge is 2.49. The number of carbonyl (C=O) groups excluding carboxylic acids is 1. The summed E-state index contributed by atoms with van der Waals surface area (Å²) in [6, 6.07) is 7.04. The lowest BCUT2D eigenvalue weighted by atomic mass is 10.0. The molecule has 136 valence electrons. The van der Waals surface area contributed by atoms with Crippen molar-refractivity contribution >= 4 is 50.0 Å². The molecule has 2 atom stereocenters. The van der Waals surface area contributed by atoms with E-state index in [1.54, 1.807) is 6.07 Å². The van der Waals surface area contributed by atoms with Gasteiger partial charge in [-0.2, -0.15) is 4.99 Å². The molecular formula is C17H21ClN2O3S2. The van der Waals surface area contributed by atoms with Crippen molar-refractivity contribution < 1.29 is 13.2 Å². The fourth-order valence-corrected chi connectivity index (χ4v) is 7.46. The summed E-state index contributed by atoms with van der Waals surface area (Å²) < 4.78 is 24.1. The number of anilines is 1. The van der Waals surface area contributed by atoms with Crippen molar-refractivity contribution in [2.24, 2.45) is 10.9 Å². The zero-order chi connectivity index (χ0) is 18.2. The average Bonchev–Trinajstić information content (AvgIpc) is 3.00. The first kappa shape index (κ1) is 18.7. The normalized spacial score (nSPS) is 26.4. The Hall–Kier alpha value is -1.05. The highest BCUT2D eigenvalue weighted by Crippen LogP contribution is 2.43. The molecule has 0 radical (unpaired) electrons. The van der Waals surface area contributed by atoms with Gasteiger partial charge in [0.25, 0.3) is 5.91 Å². The van der Waals surface area contributed by atoms with Crippen LogP contribution >= 0.6 is 23.4 Å². The Labute approximate surface area is 157 Å². The van der Waals surface area contributed by atoms with Gasteiger partial charge in [-0.15, -0.1) is 0 Å². The molecule has 1 aromatic rings. The lowest BCUT2D eigenvalue weighted by molar-refractivity contribution is -0.121. The zero-order valence-electron chi connectivity index (χ0n) is 14.2. The second kappa shape index (κ2) is 7.29. The molecule has 3 rings (SSSR count). The van der Waals surface area contributed by atoms with Crippen molar-refractivity contribution in [2.75, 3.05) is 16.4 Å². The van der Waals surface area contributed by atoms with E-state index in [4.69, 9.17) is 11.6 Å². The van der Waals surface area contributed by atoms with Crippen molar-refractivity contribution in [1.29, 1.82) is 0 Å². The van der Waals surface area contributed by atoms with Gasteiger partial charge in [0.05, 0.1) is 28.3 Å². The first-order valence-corrected chi connectivity index (χ1v) is 11.5. The van der Waals surface area contributed by atoms with Crippen LogP contribution in [0.4, 0.5) is 5.69 Å². The van der Waals surface area contributed by atoms with Crippen LogP contribution in [0.15, 0.2) is 29.3 Å². The minimum atomic E-state index is -3.08. The van der Waals surface area contributed by atoms with Gasteiger partial charge in [0.1, 0.15) is 0 Å². The highest BCUT2D eigenvalue weighted by molar-refractivity contribution is 8.16. The number of halogens is 1. The van der Waals surface area contributed by atoms with Gasteiger partial charge in [0.15, 0.2) is 15.0 Å². The summed E-state index contributed by atoms with van der Waals surface area (Å²) in [5.74, 6) is -0.0759. The number of hydrogen-bond acceptors (Lipinski definition) is 4. The number of carbonyl (C=O) groups is 1. The molecule has 0 aromatic heterocycles.